The fourth-order valence-electron chi connectivity index (χ4n) is 0.959. The molecule has 0 amide bonds. The fraction of sp³-hybridized carbons (Fsp3) is 0.667. The Kier molecular flexibility index (Phi) is 6.26. The van der Waals surface area contributed by atoms with Crippen molar-refractivity contribution in [2.75, 3.05) is 13.2 Å². The van der Waals surface area contributed by atoms with E-state index < -0.39 is 19.2 Å². The Labute approximate surface area is 89.3 Å². The van der Waals surface area contributed by atoms with E-state index in [4.69, 9.17) is 14.2 Å². The first-order valence-electron chi connectivity index (χ1n) is 4.55. The molecular formula is C9H15O5P. The molecule has 0 rings (SSSR count). The van der Waals surface area contributed by atoms with Gasteiger partial charge in [-0.2, -0.15) is 0 Å². The Balaban J connectivity index is 5.05. The van der Waals surface area contributed by atoms with Gasteiger partial charge >= 0.3 is 13.6 Å². The number of carboxylic acid groups (broad SMARTS) is 1. The lowest BCUT2D eigenvalue weighted by molar-refractivity contribution is -0.135. The summed E-state index contributed by atoms with van der Waals surface area (Å²) in [6, 6.07) is 0. The first kappa shape index (κ1) is 14.2. The van der Waals surface area contributed by atoms with Crippen LogP contribution in [0.15, 0.2) is 0 Å². The van der Waals surface area contributed by atoms with E-state index in [1.54, 1.807) is 13.8 Å². The maximum absolute atomic E-state index is 12.0. The summed E-state index contributed by atoms with van der Waals surface area (Å²) in [5.41, 5.74) is -1.41. The summed E-state index contributed by atoms with van der Waals surface area (Å²) in [5.74, 6) is 3.44. The third kappa shape index (κ3) is 4.05. The number of rotatable bonds is 6. The first-order chi connectivity index (χ1) is 7.01. The van der Waals surface area contributed by atoms with Gasteiger partial charge in [-0.3, -0.25) is 9.36 Å². The summed E-state index contributed by atoms with van der Waals surface area (Å²) in [7, 11) is -3.68. The summed E-state index contributed by atoms with van der Waals surface area (Å²) in [4.78, 5) is 10.9. The minimum absolute atomic E-state index is 0.118. The topological polar surface area (TPSA) is 72.8 Å². The van der Waals surface area contributed by atoms with Gasteiger partial charge in [-0.25, -0.2) is 0 Å². The highest BCUT2D eigenvalue weighted by atomic mass is 31.2. The maximum Gasteiger partial charge on any atom is 0.356 e. The van der Waals surface area contributed by atoms with Crippen molar-refractivity contribution in [3.63, 3.8) is 0 Å². The van der Waals surface area contributed by atoms with Gasteiger partial charge in [-0.15, -0.1) is 5.92 Å². The molecule has 0 fully saturated rings. The van der Waals surface area contributed by atoms with Crippen molar-refractivity contribution in [3.05, 3.63) is 0 Å². The van der Waals surface area contributed by atoms with Crippen molar-refractivity contribution in [2.24, 2.45) is 0 Å². The molecule has 0 aromatic carbocycles. The highest BCUT2D eigenvalue weighted by Crippen LogP contribution is 2.52. The number of aliphatic carboxylic acids is 1. The zero-order valence-electron chi connectivity index (χ0n) is 9.02. The van der Waals surface area contributed by atoms with Crippen LogP contribution < -0.4 is 0 Å². The smallest absolute Gasteiger partial charge is 0.356 e. The molecule has 0 saturated carbocycles. The molecule has 1 unspecified atom stereocenters. The van der Waals surface area contributed by atoms with Crippen molar-refractivity contribution >= 4 is 13.6 Å². The van der Waals surface area contributed by atoms with Crippen LogP contribution in [0.3, 0.4) is 0 Å². The molecule has 0 aliphatic rings. The Hall–Kier alpha value is -0.820. The van der Waals surface area contributed by atoms with E-state index in [2.05, 4.69) is 11.8 Å². The molecule has 0 heterocycles. The van der Waals surface area contributed by atoms with Crippen molar-refractivity contribution in [3.8, 4) is 11.8 Å². The predicted molar refractivity (Wildman–Crippen MR) is 55.7 cm³/mol. The van der Waals surface area contributed by atoms with E-state index in [1.165, 1.54) is 6.92 Å². The SMILES string of the molecule is CC#CC(C(=O)O)P(=O)(OCC)OCC. The summed E-state index contributed by atoms with van der Waals surface area (Å²) in [6.45, 7) is 4.94. The molecule has 15 heavy (non-hydrogen) atoms. The Morgan fingerprint density at radius 2 is 1.87 bits per heavy atom. The molecule has 0 saturated heterocycles. The molecule has 0 spiro atoms. The quantitative estimate of drug-likeness (QED) is 0.559. The van der Waals surface area contributed by atoms with Crippen molar-refractivity contribution in [1.82, 2.24) is 0 Å². The van der Waals surface area contributed by atoms with Gasteiger partial charge in [0.15, 0.2) is 0 Å². The molecule has 6 heteroatoms. The molecule has 0 aromatic rings. The number of hydrogen-bond acceptors (Lipinski definition) is 4. The normalized spacial score (nSPS) is 12.7. The largest absolute Gasteiger partial charge is 0.480 e. The minimum atomic E-state index is -3.68. The molecule has 0 aromatic heterocycles. The second kappa shape index (κ2) is 6.62. The van der Waals surface area contributed by atoms with Crippen LogP contribution in [0.5, 0.6) is 0 Å². The van der Waals surface area contributed by atoms with Crippen LogP contribution in [0.2, 0.25) is 0 Å². The minimum Gasteiger partial charge on any atom is -0.480 e. The second-order valence-corrected chi connectivity index (χ2v) is 4.62. The lowest BCUT2D eigenvalue weighted by atomic mass is 10.4. The molecule has 1 N–H and O–H groups in total. The van der Waals surface area contributed by atoms with E-state index in [1.807, 2.05) is 0 Å². The lowest BCUT2D eigenvalue weighted by Crippen LogP contribution is -2.21. The third-order valence-electron chi connectivity index (χ3n) is 1.45. The van der Waals surface area contributed by atoms with Gasteiger partial charge < -0.3 is 14.2 Å². The van der Waals surface area contributed by atoms with Crippen LogP contribution in [0.4, 0.5) is 0 Å². The van der Waals surface area contributed by atoms with Crippen molar-refractivity contribution in [1.29, 1.82) is 0 Å². The monoisotopic (exact) mass is 234 g/mol. The van der Waals surface area contributed by atoms with Crippen LogP contribution in [0.25, 0.3) is 0 Å². The third-order valence-corrected chi connectivity index (χ3v) is 3.67. The van der Waals surface area contributed by atoms with Gasteiger partial charge in [-0.1, -0.05) is 5.92 Å². The van der Waals surface area contributed by atoms with Gasteiger partial charge in [-0.05, 0) is 20.8 Å². The predicted octanol–water partition coefficient (Wildman–Crippen LogP) is 1.73. The summed E-state index contributed by atoms with van der Waals surface area (Å²) in [5, 5.41) is 8.86. The molecule has 0 aliphatic carbocycles. The highest BCUT2D eigenvalue weighted by Gasteiger charge is 2.40. The van der Waals surface area contributed by atoms with Gasteiger partial charge in [0.05, 0.1) is 13.2 Å². The summed E-state index contributed by atoms with van der Waals surface area (Å²) in [6.07, 6.45) is 0. The molecule has 5 nitrogen and oxygen atoms in total. The lowest BCUT2D eigenvalue weighted by Gasteiger charge is -2.19. The molecule has 0 radical (unpaired) electrons. The van der Waals surface area contributed by atoms with Crippen molar-refractivity contribution in [2.45, 2.75) is 26.4 Å². The first-order valence-corrected chi connectivity index (χ1v) is 6.16. The van der Waals surface area contributed by atoms with Crippen LogP contribution in [0.1, 0.15) is 20.8 Å². The molecular weight excluding hydrogens is 219 g/mol. The fourth-order valence-corrected chi connectivity index (χ4v) is 2.61. The van der Waals surface area contributed by atoms with Crippen LogP contribution in [-0.4, -0.2) is 29.9 Å². The van der Waals surface area contributed by atoms with Gasteiger partial charge in [0.25, 0.3) is 0 Å². The Morgan fingerprint density at radius 3 is 2.13 bits per heavy atom. The average Bonchev–Trinajstić information content (AvgIpc) is 2.14. The zero-order valence-corrected chi connectivity index (χ0v) is 9.91. The molecule has 86 valence electrons. The Bertz CT molecular complexity index is 304. The van der Waals surface area contributed by atoms with E-state index in [-0.39, 0.29) is 13.2 Å². The highest BCUT2D eigenvalue weighted by molar-refractivity contribution is 7.56. The zero-order chi connectivity index (χ0) is 11.9. The van der Waals surface area contributed by atoms with E-state index in [0.717, 1.165) is 0 Å². The number of hydrogen-bond donors (Lipinski definition) is 1. The summed E-state index contributed by atoms with van der Waals surface area (Å²) >= 11 is 0. The molecule has 1 atom stereocenters. The van der Waals surface area contributed by atoms with Gasteiger partial charge in [0.2, 0.25) is 5.66 Å². The summed E-state index contributed by atoms with van der Waals surface area (Å²) < 4.78 is 21.8. The average molecular weight is 234 g/mol. The van der Waals surface area contributed by atoms with Crippen LogP contribution >= 0.6 is 7.60 Å². The van der Waals surface area contributed by atoms with Crippen molar-refractivity contribution < 1.29 is 23.5 Å². The second-order valence-electron chi connectivity index (χ2n) is 2.51. The number of carbonyl (C=O) groups is 1. The van der Waals surface area contributed by atoms with Gasteiger partial charge in [0, 0.05) is 0 Å². The van der Waals surface area contributed by atoms with Crippen LogP contribution in [-0.2, 0) is 18.4 Å². The Morgan fingerprint density at radius 1 is 1.40 bits per heavy atom. The van der Waals surface area contributed by atoms with Crippen LogP contribution in [0, 0.1) is 11.8 Å². The van der Waals surface area contributed by atoms with E-state index >= 15 is 0 Å². The van der Waals surface area contributed by atoms with Gasteiger partial charge in [0.1, 0.15) is 0 Å². The number of carboxylic acids is 1. The molecule has 0 bridgehead atoms. The molecule has 0 aliphatic heterocycles. The van der Waals surface area contributed by atoms with E-state index in [0.29, 0.717) is 0 Å². The maximum atomic E-state index is 12.0. The van der Waals surface area contributed by atoms with E-state index in [9.17, 15) is 9.36 Å². The standard InChI is InChI=1S/C9H15O5P/c1-4-7-8(9(10)11)15(12,13-5-2)14-6-3/h8H,5-6H2,1-3H3,(H,10,11).